The highest BCUT2D eigenvalue weighted by Gasteiger charge is 2.42. The van der Waals surface area contributed by atoms with Gasteiger partial charge in [-0.1, -0.05) is 48.0 Å². The second-order valence-corrected chi connectivity index (χ2v) is 10.7. The first-order valence-electron chi connectivity index (χ1n) is 12.9. The molecule has 0 bridgehead atoms. The summed E-state index contributed by atoms with van der Waals surface area (Å²) in [6, 6.07) is 17.3. The number of alkyl halides is 2. The van der Waals surface area contributed by atoms with Gasteiger partial charge in [-0.15, -0.1) is 0 Å². The molecule has 2 aliphatic rings. The van der Waals surface area contributed by atoms with E-state index in [1.54, 1.807) is 18.2 Å². The van der Waals surface area contributed by atoms with Crippen molar-refractivity contribution in [1.82, 2.24) is 4.90 Å². The number of aryl methyl sites for hydroxylation is 1. The van der Waals surface area contributed by atoms with Gasteiger partial charge >= 0.3 is 5.97 Å². The Hall–Kier alpha value is -3.09. The first-order chi connectivity index (χ1) is 18.3. The van der Waals surface area contributed by atoms with Crippen molar-refractivity contribution >= 4 is 28.7 Å². The summed E-state index contributed by atoms with van der Waals surface area (Å²) < 4.78 is 41.5. The highest BCUT2D eigenvalue weighted by Crippen LogP contribution is 2.42. The Kier molecular flexibility index (Phi) is 7.64. The van der Waals surface area contributed by atoms with Crippen molar-refractivity contribution in [1.29, 1.82) is 0 Å². The van der Waals surface area contributed by atoms with Crippen LogP contribution in [0.15, 0.2) is 60.7 Å². The van der Waals surface area contributed by atoms with Crippen molar-refractivity contribution in [2.24, 2.45) is 0 Å². The number of rotatable bonds is 8. The number of hydrogen-bond acceptors (Lipinski definition) is 2. The summed E-state index contributed by atoms with van der Waals surface area (Å²) in [5.74, 6) is -1.39. The van der Waals surface area contributed by atoms with E-state index in [1.807, 2.05) is 35.2 Å². The number of carboxylic acid groups (broad SMARTS) is 1. The molecule has 1 aliphatic carbocycles. The maximum absolute atomic E-state index is 15.2. The lowest BCUT2D eigenvalue weighted by Crippen LogP contribution is -2.60. The van der Waals surface area contributed by atoms with Crippen LogP contribution in [0.25, 0.3) is 11.1 Å². The third kappa shape index (κ3) is 5.52. The number of aromatic carboxylic acids is 1. The zero-order valence-corrected chi connectivity index (χ0v) is 21.7. The summed E-state index contributed by atoms with van der Waals surface area (Å²) in [6.07, 6.45) is 2.87. The molecule has 1 N–H and O–H groups in total. The quantitative estimate of drug-likeness (QED) is 0.324. The van der Waals surface area contributed by atoms with Crippen LogP contribution < -0.4 is 0 Å². The maximum atomic E-state index is 15.2. The van der Waals surface area contributed by atoms with Crippen molar-refractivity contribution in [3.63, 3.8) is 0 Å². The van der Waals surface area contributed by atoms with E-state index in [1.165, 1.54) is 12.1 Å². The highest BCUT2D eigenvalue weighted by molar-refractivity contribution is 6.32. The van der Waals surface area contributed by atoms with Gasteiger partial charge in [0, 0.05) is 26.1 Å². The second kappa shape index (κ2) is 11.0. The molecule has 0 saturated carbocycles. The van der Waals surface area contributed by atoms with Crippen LogP contribution >= 0.6 is 11.6 Å². The number of carbonyl (C=O) groups is 1. The van der Waals surface area contributed by atoms with E-state index in [4.69, 9.17) is 11.6 Å². The van der Waals surface area contributed by atoms with Crippen LogP contribution in [0.1, 0.15) is 57.4 Å². The predicted molar refractivity (Wildman–Crippen MR) is 145 cm³/mol. The van der Waals surface area contributed by atoms with Crippen LogP contribution in [0.2, 0.25) is 5.02 Å². The number of carboxylic acids is 1. The minimum atomic E-state index is -1.31. The standard InChI is InChI=1S/C31H29ClF3NO2/c32-28-16-24(34)10-12-26(28)27-4-1-3-22-15-23(30(37)38)9-11-25(22)29(27)21-7-5-20(6-8-21)17-31(35)18-36(19-31)14-2-13-33/h5-12,15-16H,1-4,13-14,17-19H2,(H,37,38). The van der Waals surface area contributed by atoms with Crippen molar-refractivity contribution in [3.05, 3.63) is 105 Å². The summed E-state index contributed by atoms with van der Waals surface area (Å²) >= 11 is 6.51. The normalized spacial score (nSPS) is 17.1. The summed E-state index contributed by atoms with van der Waals surface area (Å²) in [7, 11) is 0. The fourth-order valence-electron chi connectivity index (χ4n) is 5.72. The molecule has 0 aromatic heterocycles. The van der Waals surface area contributed by atoms with Gasteiger partial charge < -0.3 is 5.11 Å². The van der Waals surface area contributed by atoms with E-state index >= 15 is 4.39 Å². The Labute approximate surface area is 225 Å². The molecule has 3 nitrogen and oxygen atoms in total. The van der Waals surface area contributed by atoms with Crippen molar-refractivity contribution in [2.75, 3.05) is 26.3 Å². The Morgan fingerprint density at radius 1 is 1.00 bits per heavy atom. The Balaban J connectivity index is 1.52. The van der Waals surface area contributed by atoms with Crippen LogP contribution in [0.5, 0.6) is 0 Å². The Morgan fingerprint density at radius 3 is 2.42 bits per heavy atom. The average Bonchev–Trinajstić information content (AvgIpc) is 3.05. The minimum absolute atomic E-state index is 0.232. The molecule has 0 spiro atoms. The van der Waals surface area contributed by atoms with Gasteiger partial charge in [0.25, 0.3) is 0 Å². The molecule has 1 saturated heterocycles. The zero-order valence-electron chi connectivity index (χ0n) is 21.0. The molecular weight excluding hydrogens is 511 g/mol. The summed E-state index contributed by atoms with van der Waals surface area (Å²) in [5.41, 5.74) is 5.18. The van der Waals surface area contributed by atoms with Gasteiger partial charge in [0.1, 0.15) is 11.5 Å². The topological polar surface area (TPSA) is 40.5 Å². The summed E-state index contributed by atoms with van der Waals surface area (Å²) in [6.45, 7) is 0.810. The van der Waals surface area contributed by atoms with Gasteiger partial charge in [0.15, 0.2) is 0 Å². The number of nitrogens with zero attached hydrogens (tertiary/aromatic N) is 1. The Morgan fingerprint density at radius 2 is 1.74 bits per heavy atom. The van der Waals surface area contributed by atoms with Gasteiger partial charge in [0.2, 0.25) is 0 Å². The maximum Gasteiger partial charge on any atom is 0.335 e. The molecular formula is C31H29ClF3NO2. The predicted octanol–water partition coefficient (Wildman–Crippen LogP) is 7.40. The Bertz CT molecular complexity index is 1380. The second-order valence-electron chi connectivity index (χ2n) is 10.3. The third-order valence-corrected chi connectivity index (χ3v) is 7.75. The van der Waals surface area contributed by atoms with E-state index in [0.717, 1.165) is 45.4 Å². The van der Waals surface area contributed by atoms with E-state index in [9.17, 15) is 18.7 Å². The molecule has 38 heavy (non-hydrogen) atoms. The van der Waals surface area contributed by atoms with Crippen LogP contribution in [-0.4, -0.2) is 48.0 Å². The number of halogens is 4. The van der Waals surface area contributed by atoms with Gasteiger partial charge in [-0.3, -0.25) is 9.29 Å². The summed E-state index contributed by atoms with van der Waals surface area (Å²) in [5, 5.41) is 9.84. The zero-order chi connectivity index (χ0) is 26.9. The van der Waals surface area contributed by atoms with Crippen LogP contribution in [0.3, 0.4) is 0 Å². The van der Waals surface area contributed by atoms with Crippen LogP contribution in [-0.2, 0) is 12.8 Å². The largest absolute Gasteiger partial charge is 0.478 e. The smallest absolute Gasteiger partial charge is 0.335 e. The SMILES string of the molecule is O=C(O)c1ccc2c(c1)CCCC(c1ccc(F)cc1Cl)=C2c1ccc(CC2(F)CN(CCCF)C2)cc1. The van der Waals surface area contributed by atoms with Crippen LogP contribution in [0, 0.1) is 5.82 Å². The van der Waals surface area contributed by atoms with E-state index < -0.39 is 17.5 Å². The van der Waals surface area contributed by atoms with Gasteiger partial charge in [-0.25, -0.2) is 13.6 Å². The molecule has 198 valence electrons. The number of fused-ring (bicyclic) bond motifs is 1. The molecule has 7 heteroatoms. The monoisotopic (exact) mass is 539 g/mol. The number of likely N-dealkylation sites (tertiary alicyclic amines) is 1. The average molecular weight is 540 g/mol. The van der Waals surface area contributed by atoms with E-state index in [2.05, 4.69) is 0 Å². The first-order valence-corrected chi connectivity index (χ1v) is 13.3. The minimum Gasteiger partial charge on any atom is -0.478 e. The molecule has 0 amide bonds. The number of allylic oxidation sites excluding steroid dienone is 1. The third-order valence-electron chi connectivity index (χ3n) is 7.44. The molecule has 3 aromatic rings. The van der Waals surface area contributed by atoms with Crippen molar-refractivity contribution in [3.8, 4) is 0 Å². The molecule has 1 aliphatic heterocycles. The lowest BCUT2D eigenvalue weighted by molar-refractivity contribution is -0.0323. The summed E-state index contributed by atoms with van der Waals surface area (Å²) in [4.78, 5) is 13.6. The lowest BCUT2D eigenvalue weighted by Gasteiger charge is -2.44. The van der Waals surface area contributed by atoms with E-state index in [-0.39, 0.29) is 18.7 Å². The van der Waals surface area contributed by atoms with Gasteiger partial charge in [0.05, 0.1) is 17.3 Å². The van der Waals surface area contributed by atoms with Crippen molar-refractivity contribution < 1.29 is 23.1 Å². The van der Waals surface area contributed by atoms with Gasteiger partial charge in [-0.05, 0) is 88.9 Å². The fraction of sp³-hybridized carbons (Fsp3) is 0.323. The van der Waals surface area contributed by atoms with Gasteiger partial charge in [-0.2, -0.15) is 0 Å². The molecule has 1 heterocycles. The number of hydrogen-bond donors (Lipinski definition) is 1. The first kappa shape index (κ1) is 26.5. The highest BCUT2D eigenvalue weighted by atomic mass is 35.5. The molecule has 1 fully saturated rings. The molecule has 3 aromatic carbocycles. The molecule has 0 radical (unpaired) electrons. The van der Waals surface area contributed by atoms with Crippen molar-refractivity contribution in [2.45, 2.75) is 37.8 Å². The fourth-order valence-corrected chi connectivity index (χ4v) is 6.00. The lowest BCUT2D eigenvalue weighted by atomic mass is 9.85. The molecule has 5 rings (SSSR count). The molecule has 0 atom stereocenters. The van der Waals surface area contributed by atoms with E-state index in [0.29, 0.717) is 43.9 Å². The number of benzene rings is 3. The van der Waals surface area contributed by atoms with Crippen LogP contribution in [0.4, 0.5) is 13.2 Å². The molecule has 0 unspecified atom stereocenters.